The molecular weight excluding hydrogens is 470 g/mol. The molecule has 7 nitrogen and oxygen atoms in total. The largest absolute Gasteiger partial charge is 0.496 e. The minimum absolute atomic E-state index is 0.244. The molecule has 3 rings (SSSR count). The maximum atomic E-state index is 12.3. The molecule has 0 unspecified atom stereocenters. The molecular formula is C21H24BrN3O4S. The van der Waals surface area contributed by atoms with E-state index in [0.29, 0.717) is 37.6 Å². The smallest absolute Gasteiger partial charge is 0.248 e. The molecule has 1 N–H and O–H groups in total. The number of anilines is 2. The number of hydrogen-bond acceptors (Lipinski definition) is 5. The summed E-state index contributed by atoms with van der Waals surface area (Å²) >= 11 is 3.41. The van der Waals surface area contributed by atoms with Crippen molar-refractivity contribution in [3.05, 3.63) is 58.6 Å². The van der Waals surface area contributed by atoms with Gasteiger partial charge in [0, 0.05) is 53.7 Å². The number of benzene rings is 2. The predicted octanol–water partition coefficient (Wildman–Crippen LogP) is 3.19. The summed E-state index contributed by atoms with van der Waals surface area (Å²) in [5.41, 5.74) is 2.48. The second kappa shape index (κ2) is 9.63. The lowest BCUT2D eigenvalue weighted by molar-refractivity contribution is -0.111. The summed E-state index contributed by atoms with van der Waals surface area (Å²) in [6.07, 6.45) is 4.40. The first kappa shape index (κ1) is 22.3. The van der Waals surface area contributed by atoms with E-state index in [2.05, 4.69) is 26.1 Å². The Morgan fingerprint density at radius 2 is 1.77 bits per heavy atom. The molecule has 9 heteroatoms. The number of carbonyl (C=O) groups excluding carboxylic acids is 1. The second-order valence-electron chi connectivity index (χ2n) is 6.90. The number of ether oxygens (including phenoxy) is 1. The highest BCUT2D eigenvalue weighted by atomic mass is 79.9. The molecule has 160 valence electrons. The van der Waals surface area contributed by atoms with Crippen molar-refractivity contribution in [2.24, 2.45) is 0 Å². The third kappa shape index (κ3) is 5.84. The number of carbonyl (C=O) groups is 1. The van der Waals surface area contributed by atoms with Gasteiger partial charge in [-0.3, -0.25) is 4.79 Å². The fraction of sp³-hybridized carbons (Fsp3) is 0.286. The van der Waals surface area contributed by atoms with E-state index in [1.165, 1.54) is 16.6 Å². The van der Waals surface area contributed by atoms with Crippen molar-refractivity contribution in [2.45, 2.75) is 0 Å². The summed E-state index contributed by atoms with van der Waals surface area (Å²) in [6.45, 7) is 2.22. The van der Waals surface area contributed by atoms with Crippen molar-refractivity contribution in [2.75, 3.05) is 49.8 Å². The standard InChI is InChI=1S/C21H24BrN3O4S/c1-29-20-9-4-17(22)15-16(20)3-10-21(26)23-18-5-7-19(8-6-18)24-11-13-25(14-12-24)30(2,27)28/h3-10,15H,11-14H2,1-2H3,(H,23,26). The molecule has 0 atom stereocenters. The molecule has 0 radical (unpaired) electrons. The van der Waals surface area contributed by atoms with Crippen LogP contribution in [0.1, 0.15) is 5.56 Å². The highest BCUT2D eigenvalue weighted by Crippen LogP contribution is 2.24. The zero-order chi connectivity index (χ0) is 21.7. The topological polar surface area (TPSA) is 79.0 Å². The molecule has 0 aliphatic carbocycles. The number of piperazine rings is 1. The lowest BCUT2D eigenvalue weighted by Gasteiger charge is -2.34. The Kier molecular flexibility index (Phi) is 7.17. The minimum atomic E-state index is -3.14. The minimum Gasteiger partial charge on any atom is -0.496 e. The number of rotatable bonds is 6. The van der Waals surface area contributed by atoms with Gasteiger partial charge in [-0.2, -0.15) is 4.31 Å². The highest BCUT2D eigenvalue weighted by molar-refractivity contribution is 9.10. The summed E-state index contributed by atoms with van der Waals surface area (Å²) in [4.78, 5) is 14.4. The van der Waals surface area contributed by atoms with E-state index < -0.39 is 10.0 Å². The van der Waals surface area contributed by atoms with Crippen molar-refractivity contribution in [1.82, 2.24) is 4.31 Å². The first-order valence-corrected chi connectivity index (χ1v) is 12.0. The van der Waals surface area contributed by atoms with Gasteiger partial charge < -0.3 is 15.0 Å². The maximum Gasteiger partial charge on any atom is 0.248 e. The SMILES string of the molecule is COc1ccc(Br)cc1C=CC(=O)Nc1ccc(N2CCN(S(C)(=O)=O)CC2)cc1. The molecule has 2 aromatic rings. The van der Waals surface area contributed by atoms with E-state index >= 15 is 0 Å². The molecule has 1 saturated heterocycles. The molecule has 30 heavy (non-hydrogen) atoms. The van der Waals surface area contributed by atoms with Crippen molar-refractivity contribution < 1.29 is 17.9 Å². The van der Waals surface area contributed by atoms with Crippen LogP contribution in [0.4, 0.5) is 11.4 Å². The van der Waals surface area contributed by atoms with E-state index in [1.54, 1.807) is 13.2 Å². The van der Waals surface area contributed by atoms with Gasteiger partial charge in [-0.25, -0.2) is 8.42 Å². The van der Waals surface area contributed by atoms with Gasteiger partial charge in [0.05, 0.1) is 13.4 Å². The van der Waals surface area contributed by atoms with Crippen LogP contribution in [-0.2, 0) is 14.8 Å². The molecule has 1 fully saturated rings. The first-order chi connectivity index (χ1) is 14.3. The number of amides is 1. The second-order valence-corrected chi connectivity index (χ2v) is 9.80. The molecule has 0 saturated carbocycles. The maximum absolute atomic E-state index is 12.3. The van der Waals surface area contributed by atoms with Gasteiger partial charge >= 0.3 is 0 Å². The normalized spacial score (nSPS) is 15.4. The van der Waals surface area contributed by atoms with Gasteiger partial charge in [0.15, 0.2) is 0 Å². The van der Waals surface area contributed by atoms with Gasteiger partial charge in [-0.15, -0.1) is 0 Å². The number of hydrogen-bond donors (Lipinski definition) is 1. The van der Waals surface area contributed by atoms with Crippen LogP contribution in [0.15, 0.2) is 53.0 Å². The number of halogens is 1. The van der Waals surface area contributed by atoms with E-state index in [4.69, 9.17) is 4.74 Å². The van der Waals surface area contributed by atoms with Crippen LogP contribution in [0.5, 0.6) is 5.75 Å². The van der Waals surface area contributed by atoms with Gasteiger partial charge in [0.2, 0.25) is 15.9 Å². The molecule has 1 amide bonds. The van der Waals surface area contributed by atoms with Crippen LogP contribution < -0.4 is 15.0 Å². The Morgan fingerprint density at radius 3 is 2.37 bits per heavy atom. The Balaban J connectivity index is 1.58. The van der Waals surface area contributed by atoms with E-state index in [-0.39, 0.29) is 5.91 Å². The van der Waals surface area contributed by atoms with Gasteiger partial charge in [0.1, 0.15) is 5.75 Å². The fourth-order valence-corrected chi connectivity index (χ4v) is 4.42. The van der Waals surface area contributed by atoms with Crippen molar-refractivity contribution in [3.63, 3.8) is 0 Å². The van der Waals surface area contributed by atoms with Gasteiger partial charge in [-0.05, 0) is 48.5 Å². The monoisotopic (exact) mass is 493 g/mol. The molecule has 1 heterocycles. The number of nitrogens with one attached hydrogen (secondary N) is 1. The molecule has 1 aliphatic heterocycles. The quantitative estimate of drug-likeness (QED) is 0.625. The Hall–Kier alpha value is -2.36. The van der Waals surface area contributed by atoms with Crippen LogP contribution in [0.25, 0.3) is 6.08 Å². The lowest BCUT2D eigenvalue weighted by atomic mass is 10.2. The van der Waals surface area contributed by atoms with Crippen molar-refractivity contribution in [3.8, 4) is 5.75 Å². The number of nitrogens with zero attached hydrogens (tertiary/aromatic N) is 2. The lowest BCUT2D eigenvalue weighted by Crippen LogP contribution is -2.48. The summed E-state index contributed by atoms with van der Waals surface area (Å²) in [5.74, 6) is 0.439. The van der Waals surface area contributed by atoms with Crippen molar-refractivity contribution >= 4 is 49.3 Å². The van der Waals surface area contributed by atoms with Crippen LogP contribution in [0, 0.1) is 0 Å². The van der Waals surface area contributed by atoms with Crippen LogP contribution in [-0.4, -0.2) is 58.2 Å². The molecule has 0 spiro atoms. The Labute approximate surface area is 185 Å². The van der Waals surface area contributed by atoms with E-state index in [0.717, 1.165) is 15.7 Å². The van der Waals surface area contributed by atoms with Crippen molar-refractivity contribution in [1.29, 1.82) is 0 Å². The van der Waals surface area contributed by atoms with E-state index in [9.17, 15) is 13.2 Å². The zero-order valence-electron chi connectivity index (χ0n) is 16.8. The van der Waals surface area contributed by atoms with Gasteiger partial charge in [-0.1, -0.05) is 15.9 Å². The summed E-state index contributed by atoms with van der Waals surface area (Å²) in [6, 6.07) is 13.1. The summed E-state index contributed by atoms with van der Waals surface area (Å²) < 4.78 is 30.9. The molecule has 1 aliphatic rings. The Morgan fingerprint density at radius 1 is 1.10 bits per heavy atom. The third-order valence-corrected chi connectivity index (χ3v) is 6.61. The van der Waals surface area contributed by atoms with Crippen LogP contribution >= 0.6 is 15.9 Å². The predicted molar refractivity (Wildman–Crippen MR) is 123 cm³/mol. The molecule has 0 aromatic heterocycles. The highest BCUT2D eigenvalue weighted by Gasteiger charge is 2.23. The first-order valence-electron chi connectivity index (χ1n) is 9.39. The fourth-order valence-electron chi connectivity index (χ4n) is 3.22. The van der Waals surface area contributed by atoms with Crippen LogP contribution in [0.2, 0.25) is 0 Å². The number of methoxy groups -OCH3 is 1. The Bertz CT molecular complexity index is 1030. The van der Waals surface area contributed by atoms with Crippen LogP contribution in [0.3, 0.4) is 0 Å². The molecule has 0 bridgehead atoms. The van der Waals surface area contributed by atoms with Gasteiger partial charge in [0.25, 0.3) is 0 Å². The number of sulfonamides is 1. The zero-order valence-corrected chi connectivity index (χ0v) is 19.2. The third-order valence-electron chi connectivity index (χ3n) is 4.81. The van der Waals surface area contributed by atoms with E-state index in [1.807, 2.05) is 42.5 Å². The average molecular weight is 494 g/mol. The summed E-state index contributed by atoms with van der Waals surface area (Å²) in [7, 11) is -1.56. The molecule has 2 aromatic carbocycles. The summed E-state index contributed by atoms with van der Waals surface area (Å²) in [5, 5.41) is 2.84. The average Bonchev–Trinajstić information content (AvgIpc) is 2.72.